The van der Waals surface area contributed by atoms with Crippen molar-refractivity contribution in [3.8, 4) is 0 Å². The fraction of sp³-hybridized carbons (Fsp3) is 0.600. The summed E-state index contributed by atoms with van der Waals surface area (Å²) in [6.07, 6.45) is 8.21. The van der Waals surface area contributed by atoms with Crippen molar-refractivity contribution >= 4 is 6.03 Å². The summed E-state index contributed by atoms with van der Waals surface area (Å²) in [5.41, 5.74) is 0. The number of carbonyl (C=O) groups is 1. The first-order chi connectivity index (χ1) is 6.75. The molecule has 0 bridgehead atoms. The molecule has 1 heterocycles. The Hall–Kier alpha value is -1.32. The predicted octanol–water partition coefficient (Wildman–Crippen LogP) is 1.97. The van der Waals surface area contributed by atoms with Gasteiger partial charge in [0.15, 0.2) is 0 Å². The number of imidazole rings is 1. The summed E-state index contributed by atoms with van der Waals surface area (Å²) in [5, 5.41) is 0. The summed E-state index contributed by atoms with van der Waals surface area (Å²) >= 11 is 0. The van der Waals surface area contributed by atoms with Crippen LogP contribution in [0.2, 0.25) is 0 Å². The second-order valence-electron chi connectivity index (χ2n) is 3.38. The van der Waals surface area contributed by atoms with Crippen LogP contribution in [-0.4, -0.2) is 34.1 Å². The summed E-state index contributed by atoms with van der Waals surface area (Å²) in [6.45, 7) is 2.96. The minimum atomic E-state index is -0.0152. The highest BCUT2D eigenvalue weighted by Crippen LogP contribution is 1.99. The summed E-state index contributed by atoms with van der Waals surface area (Å²) < 4.78 is 1.49. The summed E-state index contributed by atoms with van der Waals surface area (Å²) in [7, 11) is 1.82. The Morgan fingerprint density at radius 3 is 2.86 bits per heavy atom. The van der Waals surface area contributed by atoms with Crippen LogP contribution in [0.4, 0.5) is 4.79 Å². The number of hydrogen-bond donors (Lipinski definition) is 0. The highest BCUT2D eigenvalue weighted by molar-refractivity contribution is 5.76. The number of aromatic nitrogens is 2. The van der Waals surface area contributed by atoms with Crippen molar-refractivity contribution in [2.24, 2.45) is 0 Å². The molecular weight excluding hydrogens is 178 g/mol. The first-order valence-corrected chi connectivity index (χ1v) is 4.99. The van der Waals surface area contributed by atoms with Crippen LogP contribution in [-0.2, 0) is 0 Å². The van der Waals surface area contributed by atoms with Gasteiger partial charge >= 0.3 is 6.03 Å². The van der Waals surface area contributed by atoms with Crippen molar-refractivity contribution in [3.63, 3.8) is 0 Å². The lowest BCUT2D eigenvalue weighted by molar-refractivity contribution is 0.209. The molecule has 4 heteroatoms. The lowest BCUT2D eigenvalue weighted by atomic mass is 10.2. The van der Waals surface area contributed by atoms with Gasteiger partial charge in [0.2, 0.25) is 0 Å². The minimum absolute atomic E-state index is 0.0152. The third-order valence-corrected chi connectivity index (χ3v) is 2.15. The molecule has 0 radical (unpaired) electrons. The number of unbranched alkanes of at least 4 members (excludes halogenated alkanes) is 2. The van der Waals surface area contributed by atoms with E-state index in [1.54, 1.807) is 17.3 Å². The third-order valence-electron chi connectivity index (χ3n) is 2.15. The molecule has 78 valence electrons. The van der Waals surface area contributed by atoms with Crippen LogP contribution in [0.1, 0.15) is 26.2 Å². The maximum absolute atomic E-state index is 11.6. The normalized spacial score (nSPS) is 10.1. The van der Waals surface area contributed by atoms with E-state index in [-0.39, 0.29) is 6.03 Å². The highest BCUT2D eigenvalue weighted by Gasteiger charge is 2.08. The fourth-order valence-electron chi connectivity index (χ4n) is 1.26. The topological polar surface area (TPSA) is 38.1 Å². The molecule has 1 aromatic heterocycles. The van der Waals surface area contributed by atoms with Crippen molar-refractivity contribution < 1.29 is 4.79 Å². The molecule has 1 rings (SSSR count). The Balaban J connectivity index is 2.37. The fourth-order valence-corrected chi connectivity index (χ4v) is 1.26. The molecule has 4 nitrogen and oxygen atoms in total. The van der Waals surface area contributed by atoms with Gasteiger partial charge in [-0.15, -0.1) is 0 Å². The van der Waals surface area contributed by atoms with Crippen LogP contribution in [0.3, 0.4) is 0 Å². The molecule has 0 saturated carbocycles. The van der Waals surface area contributed by atoms with E-state index in [1.165, 1.54) is 23.7 Å². The zero-order valence-electron chi connectivity index (χ0n) is 8.81. The summed E-state index contributed by atoms with van der Waals surface area (Å²) in [4.78, 5) is 17.2. The van der Waals surface area contributed by atoms with Gasteiger partial charge in [0.25, 0.3) is 0 Å². The van der Waals surface area contributed by atoms with Gasteiger partial charge in [-0.3, -0.25) is 4.57 Å². The van der Waals surface area contributed by atoms with Gasteiger partial charge in [-0.1, -0.05) is 19.8 Å². The molecule has 0 aliphatic carbocycles. The Morgan fingerprint density at radius 1 is 1.50 bits per heavy atom. The van der Waals surface area contributed by atoms with Crippen LogP contribution in [0.25, 0.3) is 0 Å². The molecule has 1 aromatic rings. The number of nitrogens with zero attached hydrogens (tertiary/aromatic N) is 3. The Kier molecular flexibility index (Phi) is 4.16. The number of amides is 1. The van der Waals surface area contributed by atoms with E-state index in [9.17, 15) is 4.79 Å². The SMILES string of the molecule is CCCCCN(C)C(=O)n1ccnc1. The molecule has 0 spiro atoms. The third kappa shape index (κ3) is 2.87. The molecule has 0 fully saturated rings. The maximum Gasteiger partial charge on any atom is 0.329 e. The zero-order valence-corrected chi connectivity index (χ0v) is 8.81. The smallest absolute Gasteiger partial charge is 0.327 e. The molecule has 1 amide bonds. The highest BCUT2D eigenvalue weighted by atomic mass is 16.2. The van der Waals surface area contributed by atoms with Crippen molar-refractivity contribution in [2.75, 3.05) is 13.6 Å². The molecule has 0 N–H and O–H groups in total. The van der Waals surface area contributed by atoms with Crippen LogP contribution >= 0.6 is 0 Å². The number of carbonyl (C=O) groups excluding carboxylic acids is 1. The van der Waals surface area contributed by atoms with Crippen molar-refractivity contribution in [1.82, 2.24) is 14.5 Å². The van der Waals surface area contributed by atoms with Gasteiger partial charge in [-0.05, 0) is 6.42 Å². The average molecular weight is 195 g/mol. The first kappa shape index (κ1) is 10.8. The second kappa shape index (κ2) is 5.42. The number of hydrogen-bond acceptors (Lipinski definition) is 2. The summed E-state index contributed by atoms with van der Waals surface area (Å²) in [6, 6.07) is -0.0152. The Labute approximate surface area is 84.5 Å². The first-order valence-electron chi connectivity index (χ1n) is 4.99. The van der Waals surface area contributed by atoms with Crippen molar-refractivity contribution in [2.45, 2.75) is 26.2 Å². The van der Waals surface area contributed by atoms with Crippen molar-refractivity contribution in [1.29, 1.82) is 0 Å². The molecular formula is C10H17N3O. The van der Waals surface area contributed by atoms with E-state index in [0.29, 0.717) is 0 Å². The molecule has 0 unspecified atom stereocenters. The quantitative estimate of drug-likeness (QED) is 0.689. The second-order valence-corrected chi connectivity index (χ2v) is 3.38. The van der Waals surface area contributed by atoms with Gasteiger partial charge in [0.1, 0.15) is 6.33 Å². The van der Waals surface area contributed by atoms with E-state index < -0.39 is 0 Å². The molecule has 0 aliphatic rings. The maximum atomic E-state index is 11.6. The predicted molar refractivity (Wildman–Crippen MR) is 55.2 cm³/mol. The van der Waals surface area contributed by atoms with Crippen LogP contribution in [0.15, 0.2) is 18.7 Å². The van der Waals surface area contributed by atoms with Crippen LogP contribution in [0, 0.1) is 0 Å². The monoisotopic (exact) mass is 195 g/mol. The lowest BCUT2D eigenvalue weighted by Gasteiger charge is -2.16. The zero-order chi connectivity index (χ0) is 10.4. The molecule has 0 aliphatic heterocycles. The van der Waals surface area contributed by atoms with Crippen LogP contribution < -0.4 is 0 Å². The molecule has 0 aromatic carbocycles. The molecule has 0 atom stereocenters. The molecule has 0 saturated heterocycles. The Bertz CT molecular complexity index is 269. The lowest BCUT2D eigenvalue weighted by Crippen LogP contribution is -2.31. The van der Waals surface area contributed by atoms with Gasteiger partial charge < -0.3 is 4.90 Å². The van der Waals surface area contributed by atoms with E-state index in [2.05, 4.69) is 11.9 Å². The van der Waals surface area contributed by atoms with Gasteiger partial charge in [-0.2, -0.15) is 0 Å². The van der Waals surface area contributed by atoms with Crippen molar-refractivity contribution in [3.05, 3.63) is 18.7 Å². The number of rotatable bonds is 4. The van der Waals surface area contributed by atoms with Gasteiger partial charge in [0.05, 0.1) is 0 Å². The molecule has 14 heavy (non-hydrogen) atoms. The van der Waals surface area contributed by atoms with E-state index >= 15 is 0 Å². The standard InChI is InChI=1S/C10H17N3O/c1-3-4-5-7-12(2)10(14)13-8-6-11-9-13/h6,8-9H,3-5,7H2,1-2H3. The van der Waals surface area contributed by atoms with Gasteiger partial charge in [-0.25, -0.2) is 9.78 Å². The van der Waals surface area contributed by atoms with E-state index in [4.69, 9.17) is 0 Å². The van der Waals surface area contributed by atoms with E-state index in [1.807, 2.05) is 7.05 Å². The minimum Gasteiger partial charge on any atom is -0.327 e. The van der Waals surface area contributed by atoms with Gasteiger partial charge in [0, 0.05) is 26.0 Å². The average Bonchev–Trinajstić information content (AvgIpc) is 2.69. The van der Waals surface area contributed by atoms with Crippen LogP contribution in [0.5, 0.6) is 0 Å². The largest absolute Gasteiger partial charge is 0.329 e. The summed E-state index contributed by atoms with van der Waals surface area (Å²) in [5.74, 6) is 0. The van der Waals surface area contributed by atoms with E-state index in [0.717, 1.165) is 13.0 Å². The Morgan fingerprint density at radius 2 is 2.29 bits per heavy atom.